The number of rotatable bonds is 13. The van der Waals surface area contributed by atoms with E-state index in [-0.39, 0.29) is 44.0 Å². The number of nitrogens with one attached hydrogen (secondary N) is 2. The van der Waals surface area contributed by atoms with Crippen molar-refractivity contribution in [2.75, 3.05) is 25.0 Å². The second-order valence-corrected chi connectivity index (χ2v) is 11.6. The molecule has 0 aliphatic carbocycles. The summed E-state index contributed by atoms with van der Waals surface area (Å²) in [7, 11) is 0. The maximum atomic E-state index is 15.0. The van der Waals surface area contributed by atoms with Crippen molar-refractivity contribution in [3.05, 3.63) is 101 Å². The summed E-state index contributed by atoms with van der Waals surface area (Å²) in [6, 6.07) is 19.9. The van der Waals surface area contributed by atoms with Crippen LogP contribution in [0.3, 0.4) is 0 Å². The lowest BCUT2D eigenvalue weighted by Gasteiger charge is -2.21. The van der Waals surface area contributed by atoms with E-state index >= 15 is 4.39 Å². The van der Waals surface area contributed by atoms with Crippen LogP contribution < -0.4 is 16.4 Å². The van der Waals surface area contributed by atoms with Crippen molar-refractivity contribution < 1.29 is 33.7 Å². The Bertz CT molecular complexity index is 1660. The summed E-state index contributed by atoms with van der Waals surface area (Å²) >= 11 is 1.10. The Morgan fingerprint density at radius 3 is 2.49 bits per heavy atom. The third kappa shape index (κ3) is 9.08. The van der Waals surface area contributed by atoms with E-state index < -0.39 is 29.3 Å². The van der Waals surface area contributed by atoms with Crippen LogP contribution in [0.1, 0.15) is 41.0 Å². The molecule has 4 aromatic rings. The number of hydrogen-bond acceptors (Lipinski definition) is 9. The van der Waals surface area contributed by atoms with Gasteiger partial charge < -0.3 is 31.3 Å². The van der Waals surface area contributed by atoms with Crippen molar-refractivity contribution in [2.24, 2.45) is 5.73 Å². The molecule has 0 saturated heterocycles. The normalized spacial score (nSPS) is 11.1. The van der Waals surface area contributed by atoms with Crippen molar-refractivity contribution >= 4 is 40.1 Å². The van der Waals surface area contributed by atoms with Gasteiger partial charge in [-0.3, -0.25) is 14.5 Å². The number of nitrogens with zero attached hydrogens (tertiary/aromatic N) is 2. The highest BCUT2D eigenvalue weighted by atomic mass is 32.1. The number of thiophene rings is 1. The quantitative estimate of drug-likeness (QED) is 0.145. The van der Waals surface area contributed by atoms with Gasteiger partial charge in [0.15, 0.2) is 0 Å². The third-order valence-corrected chi connectivity index (χ3v) is 7.66. The largest absolute Gasteiger partial charge is 0.445 e. The molecule has 0 fully saturated rings. The highest BCUT2D eigenvalue weighted by Crippen LogP contribution is 2.38. The predicted octanol–water partition coefficient (Wildman–Crippen LogP) is 4.27. The summed E-state index contributed by atoms with van der Waals surface area (Å²) < 4.78 is 20.5. The highest BCUT2D eigenvalue weighted by molar-refractivity contribution is 7.20. The number of primary amides is 1. The van der Waals surface area contributed by atoms with E-state index in [0.717, 1.165) is 16.9 Å². The van der Waals surface area contributed by atoms with Gasteiger partial charge >= 0.3 is 6.09 Å². The second-order valence-electron chi connectivity index (χ2n) is 10.6. The number of aromatic nitrogens is 1. The fourth-order valence-corrected chi connectivity index (χ4v) is 5.36. The van der Waals surface area contributed by atoms with Crippen molar-refractivity contribution in [3.8, 4) is 10.4 Å². The van der Waals surface area contributed by atoms with Gasteiger partial charge in [-0.25, -0.2) is 14.2 Å². The number of carbonyl (C=O) groups excluding carboxylic acids is 3. The Labute approximate surface area is 263 Å². The lowest BCUT2D eigenvalue weighted by Crippen LogP contribution is -2.41. The number of nitrogens with two attached hydrogens (primary N) is 1. The molecule has 0 radical (unpaired) electrons. The molecule has 236 valence electrons. The van der Waals surface area contributed by atoms with Crippen LogP contribution in [-0.4, -0.2) is 57.7 Å². The molecule has 11 nitrogen and oxygen atoms in total. The molecule has 0 spiro atoms. The third-order valence-electron chi connectivity index (χ3n) is 6.57. The summed E-state index contributed by atoms with van der Waals surface area (Å²) in [4.78, 5) is 43.9. The number of anilines is 2. The molecule has 0 aliphatic rings. The molecule has 2 aromatic heterocycles. The summed E-state index contributed by atoms with van der Waals surface area (Å²) in [5, 5.41) is 25.2. The number of amides is 3. The minimum absolute atomic E-state index is 0.00113. The molecule has 0 atom stereocenters. The number of pyridine rings is 1. The van der Waals surface area contributed by atoms with Crippen LogP contribution in [0.25, 0.3) is 10.4 Å². The van der Waals surface area contributed by atoms with Crippen LogP contribution in [0.2, 0.25) is 0 Å². The maximum absolute atomic E-state index is 15.0. The van der Waals surface area contributed by atoms with Crippen LogP contribution >= 0.6 is 11.3 Å². The van der Waals surface area contributed by atoms with Gasteiger partial charge in [-0.05, 0) is 49.2 Å². The van der Waals surface area contributed by atoms with Crippen LogP contribution in [-0.2, 0) is 28.3 Å². The Balaban J connectivity index is 1.55. The zero-order valence-corrected chi connectivity index (χ0v) is 25.6. The molecular formula is C32H34FN5O6S. The number of benzene rings is 2. The molecule has 13 heteroatoms. The van der Waals surface area contributed by atoms with E-state index in [4.69, 9.17) is 15.6 Å². The average Bonchev–Trinajstić information content (AvgIpc) is 3.42. The summed E-state index contributed by atoms with van der Waals surface area (Å²) in [5.74, 6) is -1.48. The second kappa shape index (κ2) is 14.8. The van der Waals surface area contributed by atoms with Crippen LogP contribution in [0, 0.1) is 5.82 Å². The highest BCUT2D eigenvalue weighted by Gasteiger charge is 2.22. The SMILES string of the molecule is CC(C)(O)c1ccc(-c2cc(C(N)=O)c(Nc3cccc(CN(CC(=O)NCCO)C(=O)OCc4ccccc4)n3)s2)c(F)c1. The number of hydrogen-bond donors (Lipinski definition) is 5. The van der Waals surface area contributed by atoms with E-state index in [1.165, 1.54) is 23.1 Å². The first-order valence-corrected chi connectivity index (χ1v) is 14.8. The van der Waals surface area contributed by atoms with Crippen molar-refractivity contribution in [2.45, 2.75) is 32.6 Å². The van der Waals surface area contributed by atoms with Gasteiger partial charge in [0.1, 0.15) is 29.8 Å². The Morgan fingerprint density at radius 1 is 1.07 bits per heavy atom. The fourth-order valence-electron chi connectivity index (χ4n) is 4.26. The lowest BCUT2D eigenvalue weighted by molar-refractivity contribution is -0.122. The predicted molar refractivity (Wildman–Crippen MR) is 168 cm³/mol. The van der Waals surface area contributed by atoms with Gasteiger partial charge in [0, 0.05) is 17.0 Å². The molecule has 0 bridgehead atoms. The number of aliphatic hydroxyl groups is 2. The number of ether oxygens (including phenoxy) is 1. The minimum atomic E-state index is -1.23. The molecule has 6 N–H and O–H groups in total. The van der Waals surface area contributed by atoms with Gasteiger partial charge in [-0.1, -0.05) is 48.5 Å². The van der Waals surface area contributed by atoms with Gasteiger partial charge in [0.2, 0.25) is 5.91 Å². The zero-order valence-electron chi connectivity index (χ0n) is 24.7. The van der Waals surface area contributed by atoms with Crippen molar-refractivity contribution in [3.63, 3.8) is 0 Å². The molecular weight excluding hydrogens is 601 g/mol. The fraction of sp³-hybridized carbons (Fsp3) is 0.250. The first kappa shape index (κ1) is 33.1. The summed E-state index contributed by atoms with van der Waals surface area (Å²) in [5.41, 5.74) is 6.33. The molecule has 0 unspecified atom stereocenters. The molecule has 0 saturated carbocycles. The van der Waals surface area contributed by atoms with Crippen LogP contribution in [0.5, 0.6) is 0 Å². The van der Waals surface area contributed by atoms with E-state index in [2.05, 4.69) is 15.6 Å². The van der Waals surface area contributed by atoms with E-state index in [9.17, 15) is 19.5 Å². The van der Waals surface area contributed by atoms with Gasteiger partial charge in [0.05, 0.1) is 30.0 Å². The van der Waals surface area contributed by atoms with Gasteiger partial charge in [-0.2, -0.15) is 0 Å². The molecule has 3 amide bonds. The first-order chi connectivity index (χ1) is 21.4. The zero-order chi connectivity index (χ0) is 32.6. The van der Waals surface area contributed by atoms with Crippen molar-refractivity contribution in [1.29, 1.82) is 0 Å². The molecule has 2 heterocycles. The molecule has 2 aromatic carbocycles. The van der Waals surface area contributed by atoms with Gasteiger partial charge in [-0.15, -0.1) is 11.3 Å². The number of aliphatic hydroxyl groups excluding tert-OH is 1. The summed E-state index contributed by atoms with van der Waals surface area (Å²) in [6.07, 6.45) is -0.741. The van der Waals surface area contributed by atoms with Gasteiger partial charge in [0.25, 0.3) is 5.91 Å². The minimum Gasteiger partial charge on any atom is -0.445 e. The Morgan fingerprint density at radius 2 is 1.82 bits per heavy atom. The van der Waals surface area contributed by atoms with E-state index in [1.807, 2.05) is 18.2 Å². The monoisotopic (exact) mass is 635 g/mol. The molecule has 0 aliphatic heterocycles. The number of carbonyl (C=O) groups is 3. The van der Waals surface area contributed by atoms with E-state index in [0.29, 0.717) is 27.0 Å². The van der Waals surface area contributed by atoms with Crippen molar-refractivity contribution in [1.82, 2.24) is 15.2 Å². The van der Waals surface area contributed by atoms with Crippen LogP contribution in [0.4, 0.5) is 20.0 Å². The topological polar surface area (TPSA) is 167 Å². The summed E-state index contributed by atoms with van der Waals surface area (Å²) in [6.45, 7) is 2.45. The average molecular weight is 636 g/mol. The van der Waals surface area contributed by atoms with E-state index in [1.54, 1.807) is 50.2 Å². The molecule has 45 heavy (non-hydrogen) atoms. The standard InChI is InChI=1S/C32H34FN5O6S/c1-32(2,43)21-11-12-23(25(33)15-21)26-16-24(29(34)41)30(45-26)37-27-10-6-9-22(36-27)17-38(18-28(40)35-13-14-39)31(42)44-19-20-7-4-3-5-8-20/h3-12,15-16,39,43H,13-14,17-19H2,1-2H3,(H2,34,41)(H,35,40)(H,36,37). The Kier molecular flexibility index (Phi) is 10.8. The smallest absolute Gasteiger partial charge is 0.410 e. The first-order valence-electron chi connectivity index (χ1n) is 14.0. The number of halogens is 1. The molecule has 4 rings (SSSR count). The lowest BCUT2D eigenvalue weighted by atomic mass is 9.96. The van der Waals surface area contributed by atoms with Crippen LogP contribution in [0.15, 0.2) is 72.8 Å². The maximum Gasteiger partial charge on any atom is 0.410 e. The Hall–Kier alpha value is -4.85.